The van der Waals surface area contributed by atoms with Crippen LogP contribution in [0.15, 0.2) is 59.7 Å². The topological polar surface area (TPSA) is 84.5 Å². The maximum Gasteiger partial charge on any atom is 0.255 e. The molecule has 2 aromatic carbocycles. The van der Waals surface area contributed by atoms with Crippen LogP contribution in [-0.4, -0.2) is 17.5 Å². The molecule has 0 radical (unpaired) electrons. The van der Waals surface area contributed by atoms with E-state index >= 15 is 0 Å². The van der Waals surface area contributed by atoms with Crippen molar-refractivity contribution in [1.82, 2.24) is 5.43 Å². The summed E-state index contributed by atoms with van der Waals surface area (Å²) >= 11 is 0. The van der Waals surface area contributed by atoms with Gasteiger partial charge in [-0.3, -0.25) is 9.59 Å². The van der Waals surface area contributed by atoms with Gasteiger partial charge in [0.05, 0.1) is 0 Å². The van der Waals surface area contributed by atoms with Gasteiger partial charge < -0.3 is 5.73 Å². The first kappa shape index (κ1) is 17.5. The Morgan fingerprint density at radius 3 is 2.30 bits per heavy atom. The first-order valence-corrected chi connectivity index (χ1v) is 9.24. The fourth-order valence-corrected chi connectivity index (χ4v) is 4.79. The predicted octanol–water partition coefficient (Wildman–Crippen LogP) is 2.86. The Kier molecular flexibility index (Phi) is 4.10. The fourth-order valence-electron chi connectivity index (χ4n) is 4.79. The Hall–Kier alpha value is -2.95. The van der Waals surface area contributed by atoms with Crippen molar-refractivity contribution in [2.45, 2.75) is 32.1 Å². The van der Waals surface area contributed by atoms with Crippen LogP contribution in [0, 0.1) is 18.3 Å². The summed E-state index contributed by atoms with van der Waals surface area (Å²) in [5.74, 6) is -0.847. The van der Waals surface area contributed by atoms with Gasteiger partial charge in [0, 0.05) is 24.2 Å². The Bertz CT molecular complexity index is 920. The third-order valence-corrected chi connectivity index (χ3v) is 6.17. The third kappa shape index (κ3) is 2.49. The molecule has 4 atom stereocenters. The van der Waals surface area contributed by atoms with Crippen molar-refractivity contribution < 1.29 is 9.59 Å². The van der Waals surface area contributed by atoms with Gasteiger partial charge in [0.25, 0.3) is 5.91 Å². The lowest BCUT2D eigenvalue weighted by Gasteiger charge is -2.47. The second-order valence-corrected chi connectivity index (χ2v) is 7.62. The summed E-state index contributed by atoms with van der Waals surface area (Å²) < 4.78 is 0. The number of amidine groups is 1. The van der Waals surface area contributed by atoms with Gasteiger partial charge >= 0.3 is 0 Å². The minimum Gasteiger partial charge on any atom is -0.385 e. The Balaban J connectivity index is 1.96. The molecule has 27 heavy (non-hydrogen) atoms. The van der Waals surface area contributed by atoms with E-state index in [4.69, 9.17) is 5.73 Å². The first-order chi connectivity index (χ1) is 13.0. The van der Waals surface area contributed by atoms with Gasteiger partial charge in [-0.2, -0.15) is 5.10 Å². The highest BCUT2D eigenvalue weighted by atomic mass is 16.2. The average molecular weight is 361 g/mol. The zero-order valence-corrected chi connectivity index (χ0v) is 15.5. The van der Waals surface area contributed by atoms with E-state index in [1.165, 1.54) is 0 Å². The van der Waals surface area contributed by atoms with Gasteiger partial charge in [0.2, 0.25) is 0 Å². The fraction of sp³-hybridized carbons (Fsp3) is 0.318. The van der Waals surface area contributed by atoms with E-state index in [1.807, 2.05) is 68.4 Å². The number of carbonyl (C=O) groups is 2. The number of Topliss-reactive ketones (excluding diaryl/α,β-unsaturated/α-hetero) is 1. The Labute approximate surface area is 158 Å². The molecule has 1 fully saturated rings. The highest BCUT2D eigenvalue weighted by Crippen LogP contribution is 2.57. The number of nitrogens with one attached hydrogen (secondary N) is 1. The van der Waals surface area contributed by atoms with E-state index in [2.05, 4.69) is 10.5 Å². The largest absolute Gasteiger partial charge is 0.385 e. The van der Waals surface area contributed by atoms with Gasteiger partial charge in [-0.25, -0.2) is 5.43 Å². The molecule has 2 aliphatic rings. The van der Waals surface area contributed by atoms with Gasteiger partial charge in [-0.05, 0) is 18.1 Å². The summed E-state index contributed by atoms with van der Waals surface area (Å²) in [6.45, 7) is 3.91. The maximum absolute atomic E-state index is 13.2. The zero-order chi connectivity index (χ0) is 19.2. The minimum absolute atomic E-state index is 0.146. The number of hydrazone groups is 1. The number of nitrogens with two attached hydrogens (primary N) is 1. The monoisotopic (exact) mass is 361 g/mol. The number of hydrogen-bond acceptors (Lipinski definition) is 4. The zero-order valence-electron chi connectivity index (χ0n) is 15.5. The number of benzene rings is 2. The summed E-state index contributed by atoms with van der Waals surface area (Å²) in [5.41, 5.74) is 10.9. The van der Waals surface area contributed by atoms with Crippen molar-refractivity contribution >= 4 is 17.5 Å². The summed E-state index contributed by atoms with van der Waals surface area (Å²) in [5, 5.41) is 4.11. The molecule has 1 spiro atoms. The molecule has 5 nitrogen and oxygen atoms in total. The smallest absolute Gasteiger partial charge is 0.255 e. The molecular weight excluding hydrogens is 338 g/mol. The molecule has 0 saturated heterocycles. The van der Waals surface area contributed by atoms with Crippen LogP contribution in [0.4, 0.5) is 0 Å². The number of ketones is 1. The van der Waals surface area contributed by atoms with Crippen LogP contribution >= 0.6 is 0 Å². The van der Waals surface area contributed by atoms with E-state index in [0.717, 1.165) is 16.7 Å². The van der Waals surface area contributed by atoms with Gasteiger partial charge in [-0.15, -0.1) is 0 Å². The number of hydrogen-bond donors (Lipinski definition) is 2. The van der Waals surface area contributed by atoms with E-state index in [1.54, 1.807) is 0 Å². The molecule has 5 heteroatoms. The van der Waals surface area contributed by atoms with Crippen molar-refractivity contribution in [1.29, 1.82) is 0 Å². The van der Waals surface area contributed by atoms with Gasteiger partial charge in [0.1, 0.15) is 17.0 Å². The van der Waals surface area contributed by atoms with E-state index in [9.17, 15) is 9.59 Å². The maximum atomic E-state index is 13.2. The number of amides is 1. The molecule has 2 aromatic rings. The number of carbonyl (C=O) groups excluding carboxylic acids is 2. The van der Waals surface area contributed by atoms with Gasteiger partial charge in [0.15, 0.2) is 0 Å². The average Bonchev–Trinajstić information content (AvgIpc) is 2.96. The Morgan fingerprint density at radius 1 is 1.04 bits per heavy atom. The molecule has 3 N–H and O–H groups in total. The van der Waals surface area contributed by atoms with E-state index in [-0.39, 0.29) is 41.7 Å². The van der Waals surface area contributed by atoms with Crippen LogP contribution in [0.2, 0.25) is 0 Å². The van der Waals surface area contributed by atoms with Crippen molar-refractivity contribution in [3.8, 4) is 0 Å². The SMILES string of the molecule is Cc1ccc(C2CC(=O)[C@H](C)[C@@H](c3ccccc3)C23C(=O)NN=C3N)cc1. The van der Waals surface area contributed by atoms with Crippen LogP contribution in [0.25, 0.3) is 0 Å². The molecular formula is C22H23N3O2. The third-order valence-electron chi connectivity index (χ3n) is 6.17. The molecule has 1 amide bonds. The van der Waals surface area contributed by atoms with Crippen LogP contribution in [-0.2, 0) is 9.59 Å². The highest BCUT2D eigenvalue weighted by Gasteiger charge is 2.63. The summed E-state index contributed by atoms with van der Waals surface area (Å²) in [6.07, 6.45) is 0.275. The number of rotatable bonds is 2. The second-order valence-electron chi connectivity index (χ2n) is 7.62. The summed E-state index contributed by atoms with van der Waals surface area (Å²) in [7, 11) is 0. The van der Waals surface area contributed by atoms with E-state index < -0.39 is 5.41 Å². The molecule has 4 rings (SSSR count). The predicted molar refractivity (Wildman–Crippen MR) is 104 cm³/mol. The molecule has 1 heterocycles. The van der Waals surface area contributed by atoms with E-state index in [0.29, 0.717) is 0 Å². The normalized spacial score (nSPS) is 30.3. The number of aryl methyl sites for hydroxylation is 1. The van der Waals surface area contributed by atoms with Crippen LogP contribution in [0.1, 0.15) is 41.9 Å². The quantitative estimate of drug-likeness (QED) is 0.862. The standard InChI is InChI=1S/C22H23N3O2/c1-13-8-10-15(11-9-13)17-12-18(26)14(2)19(16-6-4-3-5-7-16)22(17)20(23)24-25-21(22)27/h3-11,14,17,19H,12H2,1-2H3,(H2,23,24)(H,25,27)/t14-,17?,19-,22?/m0/s1. The molecule has 1 aliphatic heterocycles. The van der Waals surface area contributed by atoms with Crippen molar-refractivity contribution in [3.05, 3.63) is 71.3 Å². The molecule has 138 valence electrons. The summed E-state index contributed by atoms with van der Waals surface area (Å²) in [4.78, 5) is 26.2. The summed E-state index contributed by atoms with van der Waals surface area (Å²) in [6, 6.07) is 17.7. The highest BCUT2D eigenvalue weighted by molar-refractivity contribution is 6.14. The molecule has 2 unspecified atom stereocenters. The lowest BCUT2D eigenvalue weighted by molar-refractivity contribution is -0.136. The number of nitrogens with zero attached hydrogens (tertiary/aromatic N) is 1. The molecule has 1 saturated carbocycles. The van der Waals surface area contributed by atoms with Crippen LogP contribution in [0.3, 0.4) is 0 Å². The van der Waals surface area contributed by atoms with Crippen molar-refractivity contribution in [3.63, 3.8) is 0 Å². The van der Waals surface area contributed by atoms with Crippen LogP contribution in [0.5, 0.6) is 0 Å². The van der Waals surface area contributed by atoms with Crippen LogP contribution < -0.4 is 11.2 Å². The minimum atomic E-state index is -1.07. The second kappa shape index (κ2) is 6.34. The first-order valence-electron chi connectivity index (χ1n) is 9.24. The van der Waals surface area contributed by atoms with Gasteiger partial charge in [-0.1, -0.05) is 67.1 Å². The van der Waals surface area contributed by atoms with Crippen molar-refractivity contribution in [2.75, 3.05) is 0 Å². The molecule has 1 aliphatic carbocycles. The molecule has 0 aromatic heterocycles. The molecule has 0 bridgehead atoms. The van der Waals surface area contributed by atoms with Crippen molar-refractivity contribution in [2.24, 2.45) is 22.2 Å². The lowest BCUT2D eigenvalue weighted by atomic mass is 9.52. The Morgan fingerprint density at radius 2 is 1.70 bits per heavy atom. The lowest BCUT2D eigenvalue weighted by Crippen LogP contribution is -2.56.